The van der Waals surface area contributed by atoms with E-state index in [4.69, 9.17) is 9.47 Å². The molecular weight excluding hydrogens is 548 g/mol. The molecule has 10 nitrogen and oxygen atoms in total. The molecule has 2 amide bonds. The Balaban J connectivity index is 1.26. The molecule has 2 N–H and O–H groups in total. The van der Waals surface area contributed by atoms with Gasteiger partial charge in [0.25, 0.3) is 5.91 Å². The quantitative estimate of drug-likeness (QED) is 0.424. The Hall–Kier alpha value is -2.96. The number of carbonyl (C=O) groups is 2. The smallest absolute Gasteiger partial charge is 0.262 e. The first-order valence-electron chi connectivity index (χ1n) is 11.8. The van der Waals surface area contributed by atoms with Crippen LogP contribution in [0, 0.1) is 0 Å². The highest BCUT2D eigenvalue weighted by molar-refractivity contribution is 9.10. The maximum Gasteiger partial charge on any atom is 0.262 e. The van der Waals surface area contributed by atoms with E-state index in [0.717, 1.165) is 34.4 Å². The molecule has 0 radical (unpaired) electrons. The van der Waals surface area contributed by atoms with Crippen LogP contribution in [0.3, 0.4) is 0 Å². The van der Waals surface area contributed by atoms with E-state index in [1.54, 1.807) is 36.4 Å². The van der Waals surface area contributed by atoms with Crippen molar-refractivity contribution in [3.63, 3.8) is 0 Å². The highest BCUT2D eigenvalue weighted by atomic mass is 79.9. The van der Waals surface area contributed by atoms with Gasteiger partial charge in [0.1, 0.15) is 18.3 Å². The van der Waals surface area contributed by atoms with Gasteiger partial charge in [-0.05, 0) is 47.0 Å². The molecule has 1 fully saturated rings. The largest absolute Gasteiger partial charge is 0.474 e. The number of hydrogen-bond donors (Lipinski definition) is 2. The molecule has 0 bridgehead atoms. The highest BCUT2D eigenvalue weighted by Gasteiger charge is 2.28. The van der Waals surface area contributed by atoms with Crippen LogP contribution in [0.25, 0.3) is 0 Å². The Morgan fingerprint density at radius 1 is 1.31 bits per heavy atom. The molecule has 5 rings (SSSR count). The molecule has 190 valence electrons. The lowest BCUT2D eigenvalue weighted by Crippen LogP contribution is -2.45. The van der Waals surface area contributed by atoms with Gasteiger partial charge in [-0.25, -0.2) is 4.98 Å². The maximum atomic E-state index is 13.2. The minimum atomic E-state index is -0.721. The van der Waals surface area contributed by atoms with Gasteiger partial charge in [-0.3, -0.25) is 14.3 Å². The van der Waals surface area contributed by atoms with Gasteiger partial charge in [0.15, 0.2) is 0 Å². The zero-order valence-corrected chi connectivity index (χ0v) is 22.2. The van der Waals surface area contributed by atoms with Gasteiger partial charge in [-0.2, -0.15) is 5.10 Å². The van der Waals surface area contributed by atoms with Crippen molar-refractivity contribution in [2.24, 2.45) is 7.05 Å². The summed E-state index contributed by atoms with van der Waals surface area (Å²) in [4.78, 5) is 34.3. The molecule has 0 spiro atoms. The molecule has 5 heterocycles. The van der Waals surface area contributed by atoms with Gasteiger partial charge in [-0.15, -0.1) is 11.3 Å². The van der Waals surface area contributed by atoms with E-state index < -0.39 is 6.04 Å². The van der Waals surface area contributed by atoms with Crippen molar-refractivity contribution in [3.8, 4) is 5.88 Å². The summed E-state index contributed by atoms with van der Waals surface area (Å²) in [5, 5.41) is 9.86. The summed E-state index contributed by atoms with van der Waals surface area (Å²) in [7, 11) is 1.78. The van der Waals surface area contributed by atoms with Crippen molar-refractivity contribution >= 4 is 50.5 Å². The minimum Gasteiger partial charge on any atom is -0.474 e. The Kier molecular flexibility index (Phi) is 7.54. The highest BCUT2D eigenvalue weighted by Crippen LogP contribution is 2.33. The number of ether oxygens (including phenoxy) is 2. The van der Waals surface area contributed by atoms with E-state index in [0.29, 0.717) is 42.6 Å². The van der Waals surface area contributed by atoms with Crippen LogP contribution in [0.2, 0.25) is 0 Å². The number of nitrogens with zero attached hydrogens (tertiary/aromatic N) is 4. The number of rotatable bonds is 8. The topological polar surface area (TPSA) is 111 Å². The second-order valence-electron chi connectivity index (χ2n) is 8.80. The predicted octanol–water partition coefficient (Wildman–Crippen LogP) is 3.34. The normalized spacial score (nSPS) is 17.8. The number of aromatic nitrogens is 3. The Morgan fingerprint density at radius 3 is 2.97 bits per heavy atom. The number of pyridine rings is 1. The van der Waals surface area contributed by atoms with Crippen LogP contribution < -0.4 is 20.3 Å². The molecule has 1 saturated heterocycles. The van der Waals surface area contributed by atoms with Crippen LogP contribution >= 0.6 is 27.3 Å². The molecule has 2 atom stereocenters. The zero-order chi connectivity index (χ0) is 25.1. The van der Waals surface area contributed by atoms with Gasteiger partial charge in [0, 0.05) is 41.8 Å². The van der Waals surface area contributed by atoms with E-state index in [1.807, 2.05) is 12.1 Å². The molecule has 0 saturated carbocycles. The van der Waals surface area contributed by atoms with Crippen molar-refractivity contribution in [3.05, 3.63) is 51.0 Å². The molecule has 2 aliphatic heterocycles. The minimum absolute atomic E-state index is 0.0526. The third-order valence-electron chi connectivity index (χ3n) is 6.09. The van der Waals surface area contributed by atoms with Gasteiger partial charge >= 0.3 is 0 Å². The van der Waals surface area contributed by atoms with Crippen LogP contribution in [-0.4, -0.2) is 58.5 Å². The number of amides is 2. The summed E-state index contributed by atoms with van der Waals surface area (Å²) in [6, 6.07) is 5.02. The first kappa shape index (κ1) is 24.7. The summed E-state index contributed by atoms with van der Waals surface area (Å²) in [6.45, 7) is 2.59. The third kappa shape index (κ3) is 5.88. The number of nitrogens with one attached hydrogen (secondary N) is 2. The van der Waals surface area contributed by atoms with Crippen LogP contribution in [0.15, 0.2) is 41.3 Å². The number of halogens is 1. The zero-order valence-electron chi connectivity index (χ0n) is 19.8. The second-order valence-corrected chi connectivity index (χ2v) is 10.9. The first-order valence-corrected chi connectivity index (χ1v) is 13.4. The van der Waals surface area contributed by atoms with Gasteiger partial charge in [0.05, 0.1) is 36.0 Å². The van der Waals surface area contributed by atoms with E-state index in [9.17, 15) is 9.59 Å². The number of fused-ring (bicyclic) bond motifs is 1. The first-order chi connectivity index (χ1) is 17.4. The average Bonchev–Trinajstić information content (AvgIpc) is 3.62. The van der Waals surface area contributed by atoms with Gasteiger partial charge in [0.2, 0.25) is 11.8 Å². The summed E-state index contributed by atoms with van der Waals surface area (Å²) in [6.07, 6.45) is 7.21. The molecular formula is C24H27BrN6O4S. The Labute approximate surface area is 221 Å². The molecule has 3 aromatic rings. The second kappa shape index (κ2) is 11.0. The number of aryl methyl sites for hydroxylation is 1. The molecule has 3 aromatic heterocycles. The van der Waals surface area contributed by atoms with E-state index in [-0.39, 0.29) is 17.9 Å². The fourth-order valence-electron chi connectivity index (χ4n) is 4.33. The van der Waals surface area contributed by atoms with Crippen LogP contribution in [-0.2, 0) is 23.1 Å². The van der Waals surface area contributed by atoms with Crippen LogP contribution in [0.1, 0.15) is 33.8 Å². The van der Waals surface area contributed by atoms with Crippen molar-refractivity contribution in [1.29, 1.82) is 0 Å². The lowest BCUT2D eigenvalue weighted by atomic mass is 10.1. The third-order valence-corrected chi connectivity index (χ3v) is 7.59. The molecule has 2 aliphatic rings. The van der Waals surface area contributed by atoms with Crippen LogP contribution in [0.4, 0.5) is 11.4 Å². The molecule has 36 heavy (non-hydrogen) atoms. The lowest BCUT2D eigenvalue weighted by molar-refractivity contribution is -0.118. The SMILES string of the molecule is Cn1cc(NC(=O)[C@H](C[C@@H]2CCCO2)NC(=O)c2ccc(CN3CCOc4ncc(Br)cc43)s2)cn1. The van der Waals surface area contributed by atoms with Crippen molar-refractivity contribution in [1.82, 2.24) is 20.1 Å². The summed E-state index contributed by atoms with van der Waals surface area (Å²) in [5.74, 6) is 0.0459. The van der Waals surface area contributed by atoms with E-state index in [2.05, 4.69) is 41.5 Å². The van der Waals surface area contributed by atoms with Crippen molar-refractivity contribution in [2.45, 2.75) is 38.0 Å². The van der Waals surface area contributed by atoms with E-state index in [1.165, 1.54) is 11.3 Å². The number of hydrogen-bond acceptors (Lipinski definition) is 8. The van der Waals surface area contributed by atoms with Gasteiger partial charge in [-0.1, -0.05) is 0 Å². The summed E-state index contributed by atoms with van der Waals surface area (Å²) in [5.41, 5.74) is 1.50. The molecule has 12 heteroatoms. The maximum absolute atomic E-state index is 13.2. The van der Waals surface area contributed by atoms with Crippen molar-refractivity contribution < 1.29 is 19.1 Å². The summed E-state index contributed by atoms with van der Waals surface area (Å²) >= 11 is 4.89. The predicted molar refractivity (Wildman–Crippen MR) is 139 cm³/mol. The van der Waals surface area contributed by atoms with E-state index >= 15 is 0 Å². The van der Waals surface area contributed by atoms with Crippen molar-refractivity contribution in [2.75, 3.05) is 30.0 Å². The van der Waals surface area contributed by atoms with Crippen LogP contribution in [0.5, 0.6) is 5.88 Å². The number of carbonyl (C=O) groups excluding carboxylic acids is 2. The average molecular weight is 575 g/mol. The molecule has 0 aromatic carbocycles. The number of thiophene rings is 1. The standard InChI is InChI=1S/C24H27BrN6O4S/c1-30-13-16(12-27-30)28-22(32)19(10-17-3-2-7-34-17)29-23(33)21-5-4-18(36-21)14-31-6-8-35-24-20(31)9-15(25)11-26-24/h4-5,9,11-13,17,19H,2-3,6-8,10,14H2,1H3,(H,28,32)(H,29,33)/t17-,19-/m0/s1. The summed E-state index contributed by atoms with van der Waals surface area (Å²) < 4.78 is 13.9. The van der Waals surface area contributed by atoms with Gasteiger partial charge < -0.3 is 25.0 Å². The molecule has 0 unspecified atom stereocenters. The fraction of sp³-hybridized carbons (Fsp3) is 0.417. The monoisotopic (exact) mass is 574 g/mol. The lowest BCUT2D eigenvalue weighted by Gasteiger charge is -2.30. The number of anilines is 2. The molecule has 0 aliphatic carbocycles. The Morgan fingerprint density at radius 2 is 2.19 bits per heavy atom. The fourth-order valence-corrected chi connectivity index (χ4v) is 5.58. The Bertz CT molecular complexity index is 1240.